The van der Waals surface area contributed by atoms with Gasteiger partial charge in [0.25, 0.3) is 0 Å². The summed E-state index contributed by atoms with van der Waals surface area (Å²) in [6.45, 7) is 3.35. The fourth-order valence-corrected chi connectivity index (χ4v) is 6.31. The van der Waals surface area contributed by atoms with Crippen LogP contribution in [0.5, 0.6) is 34.5 Å². The third-order valence-electron chi connectivity index (χ3n) is 7.68. The van der Waals surface area contributed by atoms with Gasteiger partial charge in [0, 0.05) is 26.2 Å². The second kappa shape index (κ2) is 8.49. The molecule has 2 aromatic rings. The molecule has 0 saturated carbocycles. The average molecular weight is 485 g/mol. The van der Waals surface area contributed by atoms with Gasteiger partial charge in [0.2, 0.25) is 11.5 Å². The van der Waals surface area contributed by atoms with Gasteiger partial charge in [-0.25, -0.2) is 0 Å². The van der Waals surface area contributed by atoms with Crippen molar-refractivity contribution in [3.8, 4) is 34.5 Å². The maximum atomic E-state index is 14.6. The zero-order valence-electron chi connectivity index (χ0n) is 21.1. The number of carbonyl (C=O) groups excluding carboxylic acids is 1. The predicted octanol–water partition coefficient (Wildman–Crippen LogP) is 2.09. The lowest BCUT2D eigenvalue weighted by Gasteiger charge is -2.63. The second-order valence-electron chi connectivity index (χ2n) is 9.44. The molecule has 0 amide bonds. The first-order chi connectivity index (χ1) is 16.9. The Morgan fingerprint density at radius 1 is 0.571 bits per heavy atom. The van der Waals surface area contributed by atoms with E-state index in [0.717, 1.165) is 17.8 Å². The quantitative estimate of drug-likeness (QED) is 0.560. The summed E-state index contributed by atoms with van der Waals surface area (Å²) in [5.41, 5.74) is 0.232. The summed E-state index contributed by atoms with van der Waals surface area (Å²) in [7, 11) is 9.51. The first kappa shape index (κ1) is 23.6. The summed E-state index contributed by atoms with van der Waals surface area (Å²) in [6, 6.07) is 7.66. The molecule has 4 heterocycles. The first-order valence-corrected chi connectivity index (χ1v) is 11.5. The summed E-state index contributed by atoms with van der Waals surface area (Å²) in [4.78, 5) is 19.3. The Kier molecular flexibility index (Phi) is 5.72. The summed E-state index contributed by atoms with van der Waals surface area (Å²) in [5, 5.41) is 0. The number of nitrogens with zero attached hydrogens (tertiary/aromatic N) is 2. The SMILES string of the molecule is COc1cc([C@]23C[N@]4C[N@@](C[C@@](c5cc(OC)c(OC)c(OC)c5)(C4)C2=O)C3)cc(OC)c1OC. The van der Waals surface area contributed by atoms with Crippen LogP contribution in [-0.2, 0) is 15.6 Å². The van der Waals surface area contributed by atoms with Crippen molar-refractivity contribution in [2.75, 3.05) is 75.5 Å². The molecule has 4 aliphatic rings. The number of hydrogen-bond acceptors (Lipinski definition) is 9. The highest BCUT2D eigenvalue weighted by Crippen LogP contribution is 2.53. The molecule has 9 nitrogen and oxygen atoms in total. The van der Waals surface area contributed by atoms with Crippen LogP contribution in [0.2, 0.25) is 0 Å². The molecule has 4 bridgehead atoms. The first-order valence-electron chi connectivity index (χ1n) is 11.5. The predicted molar refractivity (Wildman–Crippen MR) is 129 cm³/mol. The highest BCUT2D eigenvalue weighted by atomic mass is 16.5. The van der Waals surface area contributed by atoms with Crippen LogP contribution in [0.1, 0.15) is 11.1 Å². The van der Waals surface area contributed by atoms with Gasteiger partial charge in [-0.1, -0.05) is 0 Å². The number of ketones is 1. The van der Waals surface area contributed by atoms with Crippen molar-refractivity contribution in [1.82, 2.24) is 9.80 Å². The van der Waals surface area contributed by atoms with Crippen LogP contribution in [0.4, 0.5) is 0 Å². The Morgan fingerprint density at radius 3 is 1.14 bits per heavy atom. The van der Waals surface area contributed by atoms with E-state index in [-0.39, 0.29) is 5.78 Å². The zero-order valence-corrected chi connectivity index (χ0v) is 21.1. The molecule has 2 aromatic carbocycles. The molecule has 9 heteroatoms. The van der Waals surface area contributed by atoms with Crippen LogP contribution in [-0.4, -0.2) is 91.1 Å². The smallest absolute Gasteiger partial charge is 0.203 e. The Balaban J connectivity index is 1.69. The number of carbonyl (C=O) groups is 1. The van der Waals surface area contributed by atoms with Gasteiger partial charge in [-0.2, -0.15) is 0 Å². The molecule has 4 saturated heterocycles. The van der Waals surface area contributed by atoms with Gasteiger partial charge in [-0.15, -0.1) is 0 Å². The monoisotopic (exact) mass is 484 g/mol. The van der Waals surface area contributed by atoms with Crippen LogP contribution >= 0.6 is 0 Å². The van der Waals surface area contributed by atoms with E-state index in [1.807, 2.05) is 24.3 Å². The van der Waals surface area contributed by atoms with Crippen molar-refractivity contribution in [2.45, 2.75) is 10.8 Å². The van der Waals surface area contributed by atoms with E-state index < -0.39 is 10.8 Å². The van der Waals surface area contributed by atoms with Crippen molar-refractivity contribution in [3.05, 3.63) is 35.4 Å². The molecule has 0 atom stereocenters. The van der Waals surface area contributed by atoms with Crippen LogP contribution in [0.15, 0.2) is 24.3 Å². The number of piperidine rings is 2. The minimum atomic E-state index is -0.748. The van der Waals surface area contributed by atoms with Gasteiger partial charge in [-0.05, 0) is 35.4 Å². The Bertz CT molecular complexity index is 1010. The van der Waals surface area contributed by atoms with Crippen molar-refractivity contribution in [2.24, 2.45) is 0 Å². The van der Waals surface area contributed by atoms with Gasteiger partial charge in [0.15, 0.2) is 28.8 Å². The molecular weight excluding hydrogens is 452 g/mol. The summed E-state index contributed by atoms with van der Waals surface area (Å²) < 4.78 is 33.5. The lowest BCUT2D eigenvalue weighted by atomic mass is 9.56. The summed E-state index contributed by atoms with van der Waals surface area (Å²) in [6.07, 6.45) is 0. The standard InChI is InChI=1S/C26H32N2O7/c1-30-18-7-16(8-19(31-2)22(18)34-5)25-11-27-13-26(24(25)29,14-28(12-25)15-27)17-9-20(32-3)23(35-6)21(10-17)33-4/h7-10H,11-15H2,1-6H3/t25-,26-. The van der Waals surface area contributed by atoms with Gasteiger partial charge in [0.1, 0.15) is 0 Å². The van der Waals surface area contributed by atoms with Crippen LogP contribution < -0.4 is 28.4 Å². The third-order valence-corrected chi connectivity index (χ3v) is 7.68. The topological polar surface area (TPSA) is 78.9 Å². The van der Waals surface area contributed by atoms with E-state index in [1.165, 1.54) is 0 Å². The largest absolute Gasteiger partial charge is 0.493 e. The highest BCUT2D eigenvalue weighted by molar-refractivity contribution is 6.02. The molecule has 4 fully saturated rings. The van der Waals surface area contributed by atoms with E-state index >= 15 is 0 Å². The molecule has 0 spiro atoms. The Labute approximate surface area is 205 Å². The lowest BCUT2D eigenvalue weighted by molar-refractivity contribution is -0.159. The molecule has 6 rings (SSSR count). The van der Waals surface area contributed by atoms with Crippen molar-refractivity contribution >= 4 is 5.78 Å². The Morgan fingerprint density at radius 2 is 0.886 bits per heavy atom. The fraction of sp³-hybridized carbons (Fsp3) is 0.500. The van der Waals surface area contributed by atoms with E-state index in [2.05, 4.69) is 9.80 Å². The number of rotatable bonds is 8. The van der Waals surface area contributed by atoms with Gasteiger partial charge in [-0.3, -0.25) is 14.6 Å². The average Bonchev–Trinajstić information content (AvgIpc) is 2.89. The number of ether oxygens (including phenoxy) is 6. The molecule has 0 N–H and O–H groups in total. The maximum Gasteiger partial charge on any atom is 0.203 e. The minimum Gasteiger partial charge on any atom is -0.493 e. The van der Waals surface area contributed by atoms with E-state index in [1.54, 1.807) is 42.7 Å². The molecule has 0 aromatic heterocycles. The van der Waals surface area contributed by atoms with E-state index in [0.29, 0.717) is 60.7 Å². The van der Waals surface area contributed by atoms with Crippen molar-refractivity contribution < 1.29 is 33.2 Å². The van der Waals surface area contributed by atoms with E-state index in [9.17, 15) is 4.79 Å². The second-order valence-corrected chi connectivity index (χ2v) is 9.44. The number of hydrogen-bond donors (Lipinski definition) is 0. The fourth-order valence-electron chi connectivity index (χ4n) is 6.31. The zero-order chi connectivity index (χ0) is 25.0. The maximum absolute atomic E-state index is 14.6. The normalized spacial score (nSPS) is 28.6. The van der Waals surface area contributed by atoms with Crippen LogP contribution in [0, 0.1) is 0 Å². The Hall–Kier alpha value is -3.17. The molecule has 0 radical (unpaired) electrons. The lowest BCUT2D eigenvalue weighted by Crippen LogP contribution is -2.79. The third kappa shape index (κ3) is 3.25. The molecule has 4 aliphatic heterocycles. The highest BCUT2D eigenvalue weighted by Gasteiger charge is 2.64. The number of benzene rings is 2. The van der Waals surface area contributed by atoms with Crippen molar-refractivity contribution in [3.63, 3.8) is 0 Å². The molecule has 0 unspecified atom stereocenters. The van der Waals surface area contributed by atoms with Crippen molar-refractivity contribution in [1.29, 1.82) is 0 Å². The van der Waals surface area contributed by atoms with Gasteiger partial charge in [0.05, 0.1) is 60.2 Å². The number of Topliss-reactive ketones (excluding diaryl/α,β-unsaturated/α-hetero) is 1. The summed E-state index contributed by atoms with van der Waals surface area (Å²) >= 11 is 0. The summed E-state index contributed by atoms with van der Waals surface area (Å²) in [5.74, 6) is 3.36. The number of methoxy groups -OCH3 is 6. The van der Waals surface area contributed by atoms with Crippen LogP contribution in [0.25, 0.3) is 0 Å². The molecule has 188 valence electrons. The minimum absolute atomic E-state index is 0.181. The molecule has 0 aliphatic carbocycles. The van der Waals surface area contributed by atoms with Crippen LogP contribution in [0.3, 0.4) is 0 Å². The molecular formula is C26H32N2O7. The molecule has 35 heavy (non-hydrogen) atoms. The van der Waals surface area contributed by atoms with E-state index in [4.69, 9.17) is 28.4 Å². The van der Waals surface area contributed by atoms with Gasteiger partial charge >= 0.3 is 0 Å². The van der Waals surface area contributed by atoms with Gasteiger partial charge < -0.3 is 28.4 Å².